The lowest BCUT2D eigenvalue weighted by Crippen LogP contribution is -2.46. The third kappa shape index (κ3) is 5.20. The van der Waals surface area contributed by atoms with Crippen molar-refractivity contribution in [3.05, 3.63) is 53.9 Å². The molecule has 1 fully saturated rings. The number of rotatable bonds is 8. The minimum Gasteiger partial charge on any atom is -0.481 e. The summed E-state index contributed by atoms with van der Waals surface area (Å²) in [5.41, 5.74) is 10.8. The van der Waals surface area contributed by atoms with Gasteiger partial charge in [-0.15, -0.1) is 0 Å². The molecular formula is C21H28N4O2. The number of pyridine rings is 1. The van der Waals surface area contributed by atoms with Crippen LogP contribution in [0.3, 0.4) is 0 Å². The average molecular weight is 368 g/mol. The number of carbonyl (C=O) groups is 1. The van der Waals surface area contributed by atoms with Crippen molar-refractivity contribution >= 4 is 17.3 Å². The quantitative estimate of drug-likeness (QED) is 0.697. The molecule has 1 aliphatic heterocycles. The Morgan fingerprint density at radius 1 is 0.963 bits per heavy atom. The summed E-state index contributed by atoms with van der Waals surface area (Å²) in [5, 5.41) is 8.75. The Morgan fingerprint density at radius 2 is 1.63 bits per heavy atom. The lowest BCUT2D eigenvalue weighted by molar-refractivity contribution is -0.137. The van der Waals surface area contributed by atoms with Gasteiger partial charge in [0.1, 0.15) is 0 Å². The zero-order valence-corrected chi connectivity index (χ0v) is 15.7. The van der Waals surface area contributed by atoms with E-state index < -0.39 is 5.97 Å². The monoisotopic (exact) mass is 368 g/mol. The van der Waals surface area contributed by atoms with Gasteiger partial charge >= 0.3 is 5.97 Å². The molecule has 2 aromatic rings. The normalized spacial score (nSPS) is 14.4. The van der Waals surface area contributed by atoms with Crippen LogP contribution in [0.15, 0.2) is 42.7 Å². The fraction of sp³-hybridized carbons (Fsp3) is 0.429. The number of piperazine rings is 1. The maximum absolute atomic E-state index is 10.6. The fourth-order valence-electron chi connectivity index (χ4n) is 3.61. The van der Waals surface area contributed by atoms with Crippen LogP contribution in [0, 0.1) is 0 Å². The van der Waals surface area contributed by atoms with E-state index in [9.17, 15) is 4.79 Å². The number of carboxylic acid groups (broad SMARTS) is 1. The number of nitrogens with two attached hydrogens (primary N) is 1. The molecule has 6 heteroatoms. The second-order valence-electron chi connectivity index (χ2n) is 6.94. The molecule has 3 rings (SSSR count). The highest BCUT2D eigenvalue weighted by Gasteiger charge is 2.18. The summed E-state index contributed by atoms with van der Waals surface area (Å²) < 4.78 is 0. The standard InChI is InChI=1S/C21H28N4O2/c22-16-18-15-20(6-5-17(18)3-1-2-4-21(26)27)25-13-11-24(12-14-25)19-7-9-23-10-8-19/h5-10,15H,1-4,11-14,16,22H2,(H,26,27). The molecule has 0 saturated carbocycles. The maximum Gasteiger partial charge on any atom is 0.303 e. The predicted octanol–water partition coefficient (Wildman–Crippen LogP) is 2.66. The average Bonchev–Trinajstić information content (AvgIpc) is 2.72. The topological polar surface area (TPSA) is 82.7 Å². The second-order valence-corrected chi connectivity index (χ2v) is 6.94. The van der Waals surface area contributed by atoms with Gasteiger partial charge in [-0.25, -0.2) is 0 Å². The molecule has 2 heterocycles. The van der Waals surface area contributed by atoms with Crippen molar-refractivity contribution < 1.29 is 9.90 Å². The summed E-state index contributed by atoms with van der Waals surface area (Å²) in [7, 11) is 0. The zero-order chi connectivity index (χ0) is 19.1. The van der Waals surface area contributed by atoms with E-state index in [1.165, 1.54) is 22.5 Å². The SMILES string of the molecule is NCc1cc(N2CCN(c3ccncc3)CC2)ccc1CCCCC(=O)O. The first-order valence-corrected chi connectivity index (χ1v) is 9.61. The number of unbranched alkanes of at least 4 members (excludes halogenated alkanes) is 1. The number of anilines is 2. The Balaban J connectivity index is 1.58. The summed E-state index contributed by atoms with van der Waals surface area (Å²) in [4.78, 5) is 19.5. The molecule has 1 aliphatic rings. The largest absolute Gasteiger partial charge is 0.481 e. The molecule has 27 heavy (non-hydrogen) atoms. The van der Waals surface area contributed by atoms with E-state index in [0.717, 1.165) is 39.0 Å². The summed E-state index contributed by atoms with van der Waals surface area (Å²) in [5.74, 6) is -0.727. The minimum absolute atomic E-state index is 0.234. The first kappa shape index (κ1) is 19.2. The number of hydrogen-bond acceptors (Lipinski definition) is 5. The number of aliphatic carboxylic acids is 1. The van der Waals surface area contributed by atoms with Gasteiger partial charge in [-0.1, -0.05) is 6.07 Å². The van der Waals surface area contributed by atoms with Crippen LogP contribution < -0.4 is 15.5 Å². The Bertz CT molecular complexity index is 743. The van der Waals surface area contributed by atoms with E-state index in [1.807, 2.05) is 12.4 Å². The number of benzene rings is 1. The molecule has 3 N–H and O–H groups in total. The molecule has 0 radical (unpaired) electrons. The van der Waals surface area contributed by atoms with Crippen molar-refractivity contribution in [2.45, 2.75) is 32.2 Å². The van der Waals surface area contributed by atoms with Crippen molar-refractivity contribution in [1.29, 1.82) is 0 Å². The molecule has 144 valence electrons. The van der Waals surface area contributed by atoms with Crippen LogP contribution in [0.1, 0.15) is 30.4 Å². The van der Waals surface area contributed by atoms with Gasteiger partial charge in [0.15, 0.2) is 0 Å². The van der Waals surface area contributed by atoms with Crippen LogP contribution in [-0.2, 0) is 17.8 Å². The lowest BCUT2D eigenvalue weighted by atomic mass is 10.00. The highest BCUT2D eigenvalue weighted by molar-refractivity contribution is 5.66. The van der Waals surface area contributed by atoms with E-state index in [1.54, 1.807) is 0 Å². The molecule has 0 bridgehead atoms. The predicted molar refractivity (Wildman–Crippen MR) is 108 cm³/mol. The Morgan fingerprint density at radius 3 is 2.26 bits per heavy atom. The highest BCUT2D eigenvalue weighted by Crippen LogP contribution is 2.24. The van der Waals surface area contributed by atoms with Gasteiger partial charge in [0.2, 0.25) is 0 Å². The summed E-state index contributed by atoms with van der Waals surface area (Å²) >= 11 is 0. The van der Waals surface area contributed by atoms with Crippen LogP contribution in [-0.4, -0.2) is 42.2 Å². The van der Waals surface area contributed by atoms with Crippen LogP contribution in [0.2, 0.25) is 0 Å². The third-order valence-corrected chi connectivity index (χ3v) is 5.17. The molecule has 1 saturated heterocycles. The van der Waals surface area contributed by atoms with Gasteiger partial charge in [0, 0.05) is 62.9 Å². The number of nitrogens with zero attached hydrogens (tertiary/aromatic N) is 3. The third-order valence-electron chi connectivity index (χ3n) is 5.17. The first-order valence-electron chi connectivity index (χ1n) is 9.61. The molecule has 1 aromatic carbocycles. The molecule has 1 aromatic heterocycles. The molecule has 0 amide bonds. The molecule has 0 aliphatic carbocycles. The first-order chi connectivity index (χ1) is 13.2. The van der Waals surface area contributed by atoms with Gasteiger partial charge < -0.3 is 20.6 Å². The van der Waals surface area contributed by atoms with E-state index in [0.29, 0.717) is 13.0 Å². The maximum atomic E-state index is 10.6. The highest BCUT2D eigenvalue weighted by atomic mass is 16.4. The van der Waals surface area contributed by atoms with Crippen LogP contribution in [0.4, 0.5) is 11.4 Å². The van der Waals surface area contributed by atoms with Gasteiger partial charge in [-0.2, -0.15) is 0 Å². The number of hydrogen-bond donors (Lipinski definition) is 2. The van der Waals surface area contributed by atoms with E-state index in [4.69, 9.17) is 10.8 Å². The summed E-state index contributed by atoms with van der Waals surface area (Å²) in [6.45, 7) is 4.44. The molecule has 0 spiro atoms. The van der Waals surface area contributed by atoms with Gasteiger partial charge in [-0.05, 0) is 54.7 Å². The van der Waals surface area contributed by atoms with E-state index in [-0.39, 0.29) is 6.42 Å². The second kappa shape index (κ2) is 9.37. The van der Waals surface area contributed by atoms with Crippen molar-refractivity contribution in [3.63, 3.8) is 0 Å². The fourth-order valence-corrected chi connectivity index (χ4v) is 3.61. The van der Waals surface area contributed by atoms with Gasteiger partial charge in [-0.3, -0.25) is 9.78 Å². The zero-order valence-electron chi connectivity index (χ0n) is 15.7. The summed E-state index contributed by atoms with van der Waals surface area (Å²) in [6, 6.07) is 10.7. The van der Waals surface area contributed by atoms with Crippen molar-refractivity contribution in [2.75, 3.05) is 36.0 Å². The molecule has 6 nitrogen and oxygen atoms in total. The van der Waals surface area contributed by atoms with Gasteiger partial charge in [0.25, 0.3) is 0 Å². The van der Waals surface area contributed by atoms with Crippen molar-refractivity contribution in [2.24, 2.45) is 5.73 Å². The van der Waals surface area contributed by atoms with E-state index >= 15 is 0 Å². The van der Waals surface area contributed by atoms with Crippen LogP contribution in [0.5, 0.6) is 0 Å². The summed E-state index contributed by atoms with van der Waals surface area (Å²) in [6.07, 6.45) is 6.38. The van der Waals surface area contributed by atoms with Crippen molar-refractivity contribution in [1.82, 2.24) is 4.98 Å². The Hall–Kier alpha value is -2.60. The molecular weight excluding hydrogens is 340 g/mol. The van der Waals surface area contributed by atoms with Crippen molar-refractivity contribution in [3.8, 4) is 0 Å². The molecule has 0 unspecified atom stereocenters. The number of aromatic nitrogens is 1. The number of carboxylic acids is 1. The smallest absolute Gasteiger partial charge is 0.303 e. The van der Waals surface area contributed by atoms with Crippen LogP contribution >= 0.6 is 0 Å². The number of aryl methyl sites for hydroxylation is 1. The van der Waals surface area contributed by atoms with Crippen LogP contribution in [0.25, 0.3) is 0 Å². The Kier molecular flexibility index (Phi) is 6.65. The Labute approximate surface area is 160 Å². The molecule has 0 atom stereocenters. The van der Waals surface area contributed by atoms with Gasteiger partial charge in [0.05, 0.1) is 0 Å². The minimum atomic E-state index is -0.727. The van der Waals surface area contributed by atoms with E-state index in [2.05, 4.69) is 45.1 Å². The lowest BCUT2D eigenvalue weighted by Gasteiger charge is -2.37.